The fraction of sp³-hybridized carbons (Fsp3) is 0.524. The van der Waals surface area contributed by atoms with Crippen LogP contribution in [0, 0.1) is 12.3 Å². The van der Waals surface area contributed by atoms with E-state index in [0.717, 1.165) is 31.9 Å². The summed E-state index contributed by atoms with van der Waals surface area (Å²) < 4.78 is 0. The van der Waals surface area contributed by atoms with Gasteiger partial charge in [-0.1, -0.05) is 6.07 Å². The molecular formula is C21H27N3OS. The molecule has 1 saturated heterocycles. The Hall–Kier alpha value is -1.72. The lowest BCUT2D eigenvalue weighted by molar-refractivity contribution is -0.130. The first-order valence-corrected chi connectivity index (χ1v) is 10.4. The van der Waals surface area contributed by atoms with Gasteiger partial charge in [0.25, 0.3) is 0 Å². The highest BCUT2D eigenvalue weighted by Crippen LogP contribution is 2.57. The van der Waals surface area contributed by atoms with Crippen molar-refractivity contribution in [3.05, 3.63) is 52.0 Å². The van der Waals surface area contributed by atoms with Crippen molar-refractivity contribution in [1.29, 1.82) is 0 Å². The summed E-state index contributed by atoms with van der Waals surface area (Å²) in [6.45, 7) is 7.81. The number of nitrogens with zero attached hydrogens (tertiary/aromatic N) is 3. The van der Waals surface area contributed by atoms with E-state index >= 15 is 0 Å². The van der Waals surface area contributed by atoms with Crippen LogP contribution in [0.15, 0.2) is 35.2 Å². The predicted octanol–water partition coefficient (Wildman–Crippen LogP) is 3.85. The molecule has 2 aromatic heterocycles. The van der Waals surface area contributed by atoms with Crippen molar-refractivity contribution in [2.75, 3.05) is 13.1 Å². The van der Waals surface area contributed by atoms with E-state index in [1.165, 1.54) is 30.4 Å². The minimum absolute atomic E-state index is 0.214. The van der Waals surface area contributed by atoms with Crippen LogP contribution in [0.25, 0.3) is 0 Å². The monoisotopic (exact) mass is 369 g/mol. The summed E-state index contributed by atoms with van der Waals surface area (Å²) in [5.41, 5.74) is 4.09. The largest absolute Gasteiger partial charge is 0.335 e. The average Bonchev–Trinajstić information content (AvgIpc) is 3.06. The van der Waals surface area contributed by atoms with E-state index in [0.29, 0.717) is 11.5 Å². The number of aryl methyl sites for hydroxylation is 1. The van der Waals surface area contributed by atoms with Crippen LogP contribution in [0.1, 0.15) is 43.0 Å². The van der Waals surface area contributed by atoms with Gasteiger partial charge >= 0.3 is 0 Å². The van der Waals surface area contributed by atoms with Gasteiger partial charge in [-0.2, -0.15) is 11.3 Å². The van der Waals surface area contributed by atoms with Crippen molar-refractivity contribution >= 4 is 17.2 Å². The van der Waals surface area contributed by atoms with E-state index < -0.39 is 0 Å². The highest BCUT2D eigenvalue weighted by Gasteiger charge is 2.58. The molecule has 1 aliphatic heterocycles. The molecule has 1 aliphatic carbocycles. The molecule has 0 aromatic carbocycles. The van der Waals surface area contributed by atoms with Crippen LogP contribution in [0.2, 0.25) is 0 Å². The van der Waals surface area contributed by atoms with Crippen molar-refractivity contribution in [3.8, 4) is 0 Å². The molecule has 1 amide bonds. The molecule has 0 bridgehead atoms. The van der Waals surface area contributed by atoms with E-state index in [9.17, 15) is 4.79 Å². The van der Waals surface area contributed by atoms with Crippen molar-refractivity contribution < 1.29 is 4.79 Å². The molecule has 1 spiro atoms. The Kier molecular flexibility index (Phi) is 4.84. The summed E-state index contributed by atoms with van der Waals surface area (Å²) in [6.07, 6.45) is 5.44. The summed E-state index contributed by atoms with van der Waals surface area (Å²) >= 11 is 1.71. The quantitative estimate of drug-likeness (QED) is 0.803. The lowest BCUT2D eigenvalue weighted by Gasteiger charge is -2.35. The first kappa shape index (κ1) is 17.7. The van der Waals surface area contributed by atoms with E-state index in [4.69, 9.17) is 0 Å². The van der Waals surface area contributed by atoms with Gasteiger partial charge in [0, 0.05) is 37.9 Å². The van der Waals surface area contributed by atoms with Crippen LogP contribution in [0.3, 0.4) is 0 Å². The smallest absolute Gasteiger partial charge is 0.220 e. The Labute approximate surface area is 159 Å². The minimum Gasteiger partial charge on any atom is -0.335 e. The standard InChI is InChI=1S/C21H27N3OS/c1-16-19(4-3-8-22-16)14-23-9-6-21(7-10-23)12-20(21)24(17(2)25)13-18-5-11-26-15-18/h3-5,8,11,15,20H,6-7,9-10,12-14H2,1-2H3/t20-/m1/s1. The van der Waals surface area contributed by atoms with Crippen LogP contribution >= 0.6 is 11.3 Å². The number of piperidine rings is 1. The van der Waals surface area contributed by atoms with E-state index in [1.54, 1.807) is 18.3 Å². The lowest BCUT2D eigenvalue weighted by atomic mass is 9.92. The molecule has 138 valence electrons. The SMILES string of the molecule is CC(=O)N(Cc1ccsc1)[C@@H]1CC12CCN(Cc1cccnc1C)CC2. The Bertz CT molecular complexity index is 765. The molecule has 0 radical (unpaired) electrons. The molecule has 0 N–H and O–H groups in total. The van der Waals surface area contributed by atoms with Gasteiger partial charge in [0.15, 0.2) is 0 Å². The zero-order valence-electron chi connectivity index (χ0n) is 15.6. The van der Waals surface area contributed by atoms with Gasteiger partial charge in [-0.3, -0.25) is 14.7 Å². The normalized spacial score (nSPS) is 21.7. The minimum atomic E-state index is 0.214. The van der Waals surface area contributed by atoms with Gasteiger partial charge in [0.05, 0.1) is 0 Å². The molecule has 5 heteroatoms. The molecule has 1 atom stereocenters. The fourth-order valence-corrected chi connectivity index (χ4v) is 5.07. The van der Waals surface area contributed by atoms with Crippen molar-refractivity contribution in [2.45, 2.75) is 52.2 Å². The zero-order chi connectivity index (χ0) is 18.1. The Balaban J connectivity index is 1.35. The first-order valence-electron chi connectivity index (χ1n) is 9.48. The van der Waals surface area contributed by atoms with Crippen molar-refractivity contribution in [3.63, 3.8) is 0 Å². The predicted molar refractivity (Wildman–Crippen MR) is 105 cm³/mol. The highest BCUT2D eigenvalue weighted by molar-refractivity contribution is 7.07. The third-order valence-electron chi connectivity index (χ3n) is 6.22. The molecule has 2 aliphatic rings. The van der Waals surface area contributed by atoms with Crippen LogP contribution in [0.4, 0.5) is 0 Å². The number of amides is 1. The number of thiophene rings is 1. The third kappa shape index (κ3) is 3.55. The molecule has 2 fully saturated rings. The fourth-order valence-electron chi connectivity index (χ4n) is 4.41. The number of hydrogen-bond donors (Lipinski definition) is 0. The lowest BCUT2D eigenvalue weighted by Crippen LogP contribution is -2.39. The maximum Gasteiger partial charge on any atom is 0.220 e. The Morgan fingerprint density at radius 3 is 2.85 bits per heavy atom. The summed E-state index contributed by atoms with van der Waals surface area (Å²) in [5.74, 6) is 0.214. The Morgan fingerprint density at radius 1 is 1.38 bits per heavy atom. The van der Waals surface area contributed by atoms with Crippen molar-refractivity contribution in [1.82, 2.24) is 14.8 Å². The number of likely N-dealkylation sites (tertiary alicyclic amines) is 1. The maximum absolute atomic E-state index is 12.2. The highest BCUT2D eigenvalue weighted by atomic mass is 32.1. The molecule has 0 unspecified atom stereocenters. The van der Waals surface area contributed by atoms with Gasteiger partial charge in [-0.05, 0) is 78.7 Å². The maximum atomic E-state index is 12.2. The van der Waals surface area contributed by atoms with E-state index in [1.807, 2.05) is 12.3 Å². The number of pyridine rings is 1. The molecule has 1 saturated carbocycles. The molecule has 3 heterocycles. The van der Waals surface area contributed by atoms with Crippen LogP contribution in [-0.4, -0.2) is 39.8 Å². The van der Waals surface area contributed by atoms with Crippen LogP contribution < -0.4 is 0 Å². The molecule has 2 aromatic rings. The van der Waals surface area contributed by atoms with E-state index in [-0.39, 0.29) is 5.91 Å². The van der Waals surface area contributed by atoms with Crippen molar-refractivity contribution in [2.24, 2.45) is 5.41 Å². The molecule has 4 rings (SSSR count). The number of rotatable bonds is 5. The third-order valence-corrected chi connectivity index (χ3v) is 6.95. The summed E-state index contributed by atoms with van der Waals surface area (Å²) in [4.78, 5) is 21.3. The summed E-state index contributed by atoms with van der Waals surface area (Å²) in [7, 11) is 0. The Morgan fingerprint density at radius 2 is 2.19 bits per heavy atom. The van der Waals surface area contributed by atoms with Gasteiger partial charge in [0.2, 0.25) is 5.91 Å². The number of hydrogen-bond acceptors (Lipinski definition) is 4. The molecule has 26 heavy (non-hydrogen) atoms. The second kappa shape index (κ2) is 7.12. The van der Waals surface area contributed by atoms with Gasteiger partial charge in [-0.15, -0.1) is 0 Å². The van der Waals surface area contributed by atoms with E-state index in [2.05, 4.69) is 44.6 Å². The second-order valence-corrected chi connectivity index (χ2v) is 8.66. The topological polar surface area (TPSA) is 36.4 Å². The molecular weight excluding hydrogens is 342 g/mol. The number of aromatic nitrogens is 1. The van der Waals surface area contributed by atoms with Gasteiger partial charge < -0.3 is 4.90 Å². The summed E-state index contributed by atoms with van der Waals surface area (Å²) in [6, 6.07) is 6.78. The average molecular weight is 370 g/mol. The van der Waals surface area contributed by atoms with Gasteiger partial charge in [-0.25, -0.2) is 0 Å². The van der Waals surface area contributed by atoms with Gasteiger partial charge in [0.1, 0.15) is 0 Å². The van der Waals surface area contributed by atoms with Crippen LogP contribution in [-0.2, 0) is 17.9 Å². The number of carbonyl (C=O) groups excluding carboxylic acids is 1. The summed E-state index contributed by atoms with van der Waals surface area (Å²) in [5, 5.41) is 4.25. The molecule has 4 nitrogen and oxygen atoms in total. The zero-order valence-corrected chi connectivity index (χ0v) is 16.5. The number of carbonyl (C=O) groups is 1. The second-order valence-electron chi connectivity index (χ2n) is 7.88. The first-order chi connectivity index (χ1) is 12.6. The van der Waals surface area contributed by atoms with Crippen LogP contribution in [0.5, 0.6) is 0 Å².